The number of benzene rings is 5. The van der Waals surface area contributed by atoms with Gasteiger partial charge in [-0.25, -0.2) is 0 Å². The molecule has 6 aromatic rings. The van der Waals surface area contributed by atoms with Gasteiger partial charge in [0.2, 0.25) is 0 Å². The van der Waals surface area contributed by atoms with Crippen LogP contribution in [-0.4, -0.2) is 0 Å². The van der Waals surface area contributed by atoms with Crippen molar-refractivity contribution in [2.75, 3.05) is 0 Å². The third-order valence-corrected chi connectivity index (χ3v) is 5.94. The van der Waals surface area contributed by atoms with Crippen LogP contribution in [0.3, 0.4) is 0 Å². The Morgan fingerprint density at radius 3 is 1.69 bits per heavy atom. The fourth-order valence-electron chi connectivity index (χ4n) is 4.16. The number of hydrogen-bond donors (Lipinski definition) is 0. The van der Waals surface area contributed by atoms with Crippen LogP contribution in [0.15, 0.2) is 87.8 Å². The van der Waals surface area contributed by atoms with E-state index in [9.17, 15) is 0 Å². The van der Waals surface area contributed by atoms with E-state index >= 15 is 0 Å². The van der Waals surface area contributed by atoms with Crippen molar-refractivity contribution in [3.8, 4) is 0 Å². The van der Waals surface area contributed by atoms with Gasteiger partial charge in [0.25, 0.3) is 0 Å². The maximum absolute atomic E-state index is 6.21. The highest BCUT2D eigenvalue weighted by Gasteiger charge is 2.14. The highest BCUT2D eigenvalue weighted by atomic mass is 79.9. The van der Waals surface area contributed by atoms with Gasteiger partial charge in [0.15, 0.2) is 0 Å². The van der Waals surface area contributed by atoms with Gasteiger partial charge in [0.1, 0.15) is 11.2 Å². The molecule has 0 spiro atoms. The number of rotatable bonds is 0. The second-order valence-corrected chi connectivity index (χ2v) is 7.56. The molecule has 26 heavy (non-hydrogen) atoms. The van der Waals surface area contributed by atoms with Crippen molar-refractivity contribution in [3.05, 3.63) is 83.3 Å². The topological polar surface area (TPSA) is 13.1 Å². The zero-order valence-electron chi connectivity index (χ0n) is 13.8. The van der Waals surface area contributed by atoms with Crippen LogP contribution in [0.2, 0.25) is 0 Å². The monoisotopic (exact) mass is 396 g/mol. The lowest BCUT2D eigenvalue weighted by molar-refractivity contribution is 0.667. The molecule has 0 atom stereocenters. The summed E-state index contributed by atoms with van der Waals surface area (Å²) in [5.74, 6) is 0. The lowest BCUT2D eigenvalue weighted by atomic mass is 9.93. The van der Waals surface area contributed by atoms with E-state index in [-0.39, 0.29) is 0 Å². The van der Waals surface area contributed by atoms with Crippen LogP contribution < -0.4 is 0 Å². The molecular formula is C24H13BrO. The SMILES string of the molecule is Brc1cccc2c1oc1cc3c4ccccc4c4ccccc4c3cc12. The van der Waals surface area contributed by atoms with Crippen LogP contribution in [0.1, 0.15) is 0 Å². The first-order valence-corrected chi connectivity index (χ1v) is 9.44. The normalized spacial score (nSPS) is 12.0. The molecular weight excluding hydrogens is 384 g/mol. The van der Waals surface area contributed by atoms with Gasteiger partial charge in [-0.1, -0.05) is 60.7 Å². The first-order valence-electron chi connectivity index (χ1n) is 8.65. The van der Waals surface area contributed by atoms with Crippen molar-refractivity contribution in [1.82, 2.24) is 0 Å². The van der Waals surface area contributed by atoms with Crippen LogP contribution in [0.4, 0.5) is 0 Å². The molecule has 1 nitrogen and oxygen atoms in total. The first kappa shape index (κ1) is 14.3. The van der Waals surface area contributed by atoms with Crippen molar-refractivity contribution in [2.24, 2.45) is 0 Å². The second-order valence-electron chi connectivity index (χ2n) is 6.70. The summed E-state index contributed by atoms with van der Waals surface area (Å²) in [5, 5.41) is 9.95. The molecule has 0 unspecified atom stereocenters. The molecule has 6 rings (SSSR count). The summed E-state index contributed by atoms with van der Waals surface area (Å²) in [7, 11) is 0. The maximum Gasteiger partial charge on any atom is 0.149 e. The Balaban J connectivity index is 1.95. The van der Waals surface area contributed by atoms with E-state index in [1.54, 1.807) is 0 Å². The van der Waals surface area contributed by atoms with E-state index in [1.807, 2.05) is 6.07 Å². The molecule has 0 aliphatic rings. The van der Waals surface area contributed by atoms with Gasteiger partial charge in [0.05, 0.1) is 4.47 Å². The Labute approximate surface area is 158 Å². The van der Waals surface area contributed by atoms with Gasteiger partial charge in [0, 0.05) is 10.8 Å². The van der Waals surface area contributed by atoms with Crippen LogP contribution in [0.25, 0.3) is 54.3 Å². The third kappa shape index (κ3) is 1.80. The first-order chi connectivity index (χ1) is 12.8. The van der Waals surface area contributed by atoms with Crippen LogP contribution in [0.5, 0.6) is 0 Å². The standard InChI is InChI=1S/C24H13BrO/c25-22-11-5-10-18-21-12-19-16-8-3-1-6-14(16)15-7-2-4-9-17(15)20(19)13-23(21)26-24(18)22/h1-13H. The Hall–Kier alpha value is -2.84. The van der Waals surface area contributed by atoms with Gasteiger partial charge in [-0.2, -0.15) is 0 Å². The average Bonchev–Trinajstić information content (AvgIpc) is 3.06. The Morgan fingerprint density at radius 1 is 0.500 bits per heavy atom. The lowest BCUT2D eigenvalue weighted by Crippen LogP contribution is -1.83. The van der Waals surface area contributed by atoms with E-state index in [2.05, 4.69) is 88.7 Å². The lowest BCUT2D eigenvalue weighted by Gasteiger charge is -2.10. The largest absolute Gasteiger partial charge is 0.455 e. The quantitative estimate of drug-likeness (QED) is 0.238. The molecule has 0 N–H and O–H groups in total. The van der Waals surface area contributed by atoms with Crippen LogP contribution in [-0.2, 0) is 0 Å². The molecule has 1 heterocycles. The smallest absolute Gasteiger partial charge is 0.149 e. The van der Waals surface area contributed by atoms with Crippen molar-refractivity contribution >= 4 is 70.2 Å². The number of halogens is 1. The minimum absolute atomic E-state index is 0.909. The average molecular weight is 397 g/mol. The van der Waals surface area contributed by atoms with Crippen molar-refractivity contribution in [2.45, 2.75) is 0 Å². The number of fused-ring (bicyclic) bond motifs is 9. The number of hydrogen-bond acceptors (Lipinski definition) is 1. The van der Waals surface area contributed by atoms with Crippen molar-refractivity contribution in [1.29, 1.82) is 0 Å². The molecule has 0 radical (unpaired) electrons. The summed E-state index contributed by atoms with van der Waals surface area (Å²) in [6, 6.07) is 28.0. The molecule has 5 aromatic carbocycles. The zero-order chi connectivity index (χ0) is 17.3. The molecule has 2 heteroatoms. The summed E-state index contributed by atoms with van der Waals surface area (Å²) in [6.45, 7) is 0. The van der Waals surface area contributed by atoms with Gasteiger partial charge in [-0.3, -0.25) is 0 Å². The van der Waals surface area contributed by atoms with Gasteiger partial charge in [-0.05, 0) is 66.4 Å². The minimum atomic E-state index is 0.909. The maximum atomic E-state index is 6.21. The highest BCUT2D eigenvalue weighted by molar-refractivity contribution is 9.10. The van der Waals surface area contributed by atoms with E-state index in [0.717, 1.165) is 26.4 Å². The Bertz CT molecular complexity index is 1490. The summed E-state index contributed by atoms with van der Waals surface area (Å²) in [6.07, 6.45) is 0. The predicted molar refractivity (Wildman–Crippen MR) is 114 cm³/mol. The fraction of sp³-hybridized carbons (Fsp3) is 0. The van der Waals surface area contributed by atoms with E-state index in [4.69, 9.17) is 4.42 Å². The number of para-hydroxylation sites is 1. The molecule has 0 aliphatic heterocycles. The molecule has 0 saturated heterocycles. The highest BCUT2D eigenvalue weighted by Crippen LogP contribution is 2.40. The van der Waals surface area contributed by atoms with Gasteiger partial charge >= 0.3 is 0 Å². The Kier molecular flexibility index (Phi) is 2.81. The summed E-state index contributed by atoms with van der Waals surface area (Å²) < 4.78 is 7.20. The van der Waals surface area contributed by atoms with Crippen LogP contribution in [0, 0.1) is 0 Å². The Morgan fingerprint density at radius 2 is 1.04 bits per heavy atom. The third-order valence-electron chi connectivity index (χ3n) is 5.31. The molecule has 0 fully saturated rings. The molecule has 122 valence electrons. The van der Waals surface area contributed by atoms with Crippen LogP contribution >= 0.6 is 15.9 Å². The van der Waals surface area contributed by atoms with Gasteiger partial charge in [-0.15, -0.1) is 0 Å². The summed E-state index contributed by atoms with van der Waals surface area (Å²) >= 11 is 3.62. The molecule has 0 saturated carbocycles. The molecule has 0 amide bonds. The van der Waals surface area contributed by atoms with Crippen molar-refractivity contribution < 1.29 is 4.42 Å². The molecule has 0 bridgehead atoms. The predicted octanol–water partition coefficient (Wildman–Crippen LogP) is 7.81. The summed E-state index contributed by atoms with van der Waals surface area (Å²) in [5.41, 5.74) is 1.84. The second kappa shape index (κ2) is 5.09. The zero-order valence-corrected chi connectivity index (χ0v) is 15.4. The molecule has 0 aliphatic carbocycles. The van der Waals surface area contributed by atoms with E-state index in [1.165, 1.54) is 32.3 Å². The molecule has 1 aromatic heterocycles. The number of furan rings is 1. The fourth-order valence-corrected chi connectivity index (χ4v) is 4.61. The van der Waals surface area contributed by atoms with E-state index < -0.39 is 0 Å². The minimum Gasteiger partial charge on any atom is -0.455 e. The summed E-state index contributed by atoms with van der Waals surface area (Å²) in [4.78, 5) is 0. The van der Waals surface area contributed by atoms with Gasteiger partial charge < -0.3 is 4.42 Å². The van der Waals surface area contributed by atoms with Crippen molar-refractivity contribution in [3.63, 3.8) is 0 Å². The van der Waals surface area contributed by atoms with E-state index in [0.29, 0.717) is 0 Å².